The fraction of sp³-hybridized carbons (Fsp3) is 0. The first-order chi connectivity index (χ1) is 16.0. The zero-order valence-corrected chi connectivity index (χ0v) is 17.6. The fourth-order valence-electron chi connectivity index (χ4n) is 3.35. The van der Waals surface area contributed by atoms with E-state index in [2.05, 4.69) is 10.3 Å². The Bertz CT molecular complexity index is 1440. The molecule has 33 heavy (non-hydrogen) atoms. The maximum absolute atomic E-state index is 12.6. The number of anilines is 1. The van der Waals surface area contributed by atoms with E-state index < -0.39 is 4.92 Å². The molecule has 9 heteroatoms. The minimum absolute atomic E-state index is 0.0522. The molecule has 1 aromatic heterocycles. The molecule has 0 unspecified atom stereocenters. The van der Waals surface area contributed by atoms with Crippen LogP contribution < -0.4 is 10.1 Å². The summed E-state index contributed by atoms with van der Waals surface area (Å²) in [5.74, 6) is 1.57. The van der Waals surface area contributed by atoms with Crippen LogP contribution in [0.25, 0.3) is 11.3 Å². The minimum Gasteiger partial charge on any atom is -0.455 e. The van der Waals surface area contributed by atoms with Crippen molar-refractivity contribution in [1.82, 2.24) is 0 Å². The van der Waals surface area contributed by atoms with Gasteiger partial charge in [-0.1, -0.05) is 23.7 Å². The van der Waals surface area contributed by atoms with E-state index in [4.69, 9.17) is 20.8 Å². The van der Waals surface area contributed by atoms with E-state index >= 15 is 0 Å². The van der Waals surface area contributed by atoms with Crippen LogP contribution in [0.5, 0.6) is 11.5 Å². The SMILES string of the molecule is O=C1Nc2ccccc2Oc2ccc(N=Cc3ccc(-c4ccc(Cl)c([N+](=O)[O-])c4)o3)cc21. The summed E-state index contributed by atoms with van der Waals surface area (Å²) >= 11 is 5.87. The van der Waals surface area contributed by atoms with Gasteiger partial charge in [0.1, 0.15) is 22.3 Å². The summed E-state index contributed by atoms with van der Waals surface area (Å²) < 4.78 is 11.6. The Balaban J connectivity index is 1.39. The van der Waals surface area contributed by atoms with E-state index in [-0.39, 0.29) is 16.6 Å². The molecule has 0 fully saturated rings. The molecule has 1 aliphatic heterocycles. The number of hydrogen-bond donors (Lipinski definition) is 1. The van der Waals surface area contributed by atoms with Crippen molar-refractivity contribution in [2.45, 2.75) is 0 Å². The van der Waals surface area contributed by atoms with Gasteiger partial charge >= 0.3 is 0 Å². The largest absolute Gasteiger partial charge is 0.455 e. The number of para-hydroxylation sites is 2. The van der Waals surface area contributed by atoms with Gasteiger partial charge in [-0.15, -0.1) is 0 Å². The third-order valence-electron chi connectivity index (χ3n) is 4.96. The summed E-state index contributed by atoms with van der Waals surface area (Å²) in [4.78, 5) is 27.6. The number of fused-ring (bicyclic) bond motifs is 2. The number of nitro groups is 1. The van der Waals surface area contributed by atoms with E-state index in [1.54, 1.807) is 48.5 Å². The standard InChI is InChI=1S/C24H14ClN3O5/c25-18-8-5-14(11-20(18)28(30)31)21-10-7-16(32-21)13-26-15-6-9-22-17(12-15)24(29)27-19-3-1-2-4-23(19)33-22/h1-13H,(H,27,29). The van der Waals surface area contributed by atoms with Gasteiger partial charge in [0.15, 0.2) is 5.75 Å². The van der Waals surface area contributed by atoms with Crippen LogP contribution in [0.15, 0.2) is 82.2 Å². The van der Waals surface area contributed by atoms with E-state index in [1.165, 1.54) is 18.3 Å². The van der Waals surface area contributed by atoms with Crippen LogP contribution in [0.2, 0.25) is 5.02 Å². The summed E-state index contributed by atoms with van der Waals surface area (Å²) in [6, 6.07) is 20.0. The summed E-state index contributed by atoms with van der Waals surface area (Å²) in [6.07, 6.45) is 1.50. The molecule has 5 rings (SSSR count). The van der Waals surface area contributed by atoms with Crippen LogP contribution in [-0.2, 0) is 0 Å². The van der Waals surface area contributed by atoms with Gasteiger partial charge in [-0.2, -0.15) is 0 Å². The van der Waals surface area contributed by atoms with Gasteiger partial charge in [-0.3, -0.25) is 19.9 Å². The Labute approximate surface area is 192 Å². The molecule has 3 aromatic carbocycles. The normalized spacial score (nSPS) is 12.5. The molecule has 1 amide bonds. The molecular formula is C24H14ClN3O5. The Morgan fingerprint density at radius 2 is 1.85 bits per heavy atom. The molecule has 0 saturated heterocycles. The van der Waals surface area contributed by atoms with E-state index in [0.29, 0.717) is 45.5 Å². The number of amides is 1. The number of nitrogens with one attached hydrogen (secondary N) is 1. The Hall–Kier alpha value is -4.43. The summed E-state index contributed by atoms with van der Waals surface area (Å²) in [5.41, 5.74) is 1.79. The molecule has 0 saturated carbocycles. The van der Waals surface area contributed by atoms with Crippen LogP contribution in [0.3, 0.4) is 0 Å². The number of benzene rings is 3. The number of rotatable bonds is 4. The van der Waals surface area contributed by atoms with Crippen molar-refractivity contribution in [2.75, 3.05) is 5.32 Å². The van der Waals surface area contributed by atoms with Gasteiger partial charge in [-0.05, 0) is 54.6 Å². The highest BCUT2D eigenvalue weighted by molar-refractivity contribution is 6.32. The van der Waals surface area contributed by atoms with Gasteiger partial charge in [0, 0.05) is 11.6 Å². The highest BCUT2D eigenvalue weighted by atomic mass is 35.5. The topological polar surface area (TPSA) is 107 Å². The van der Waals surface area contributed by atoms with Crippen molar-refractivity contribution in [3.05, 3.63) is 99.3 Å². The maximum atomic E-state index is 12.6. The van der Waals surface area contributed by atoms with E-state index in [9.17, 15) is 14.9 Å². The number of hydrogen-bond acceptors (Lipinski definition) is 6. The molecule has 0 bridgehead atoms. The fourth-order valence-corrected chi connectivity index (χ4v) is 3.54. The lowest BCUT2D eigenvalue weighted by Gasteiger charge is -2.07. The van der Waals surface area contributed by atoms with Crippen molar-refractivity contribution in [2.24, 2.45) is 4.99 Å². The molecule has 1 aliphatic rings. The summed E-state index contributed by atoms with van der Waals surface area (Å²) in [7, 11) is 0. The predicted molar refractivity (Wildman–Crippen MR) is 124 cm³/mol. The number of carbonyl (C=O) groups is 1. The van der Waals surface area contributed by atoms with Crippen LogP contribution in [0.1, 0.15) is 16.1 Å². The third-order valence-corrected chi connectivity index (χ3v) is 5.28. The van der Waals surface area contributed by atoms with Gasteiger partial charge in [0.2, 0.25) is 0 Å². The second-order valence-electron chi connectivity index (χ2n) is 7.12. The highest BCUT2D eigenvalue weighted by Gasteiger charge is 2.21. The summed E-state index contributed by atoms with van der Waals surface area (Å²) in [5, 5.41) is 14.0. The van der Waals surface area contributed by atoms with E-state index in [0.717, 1.165) is 0 Å². The molecule has 1 N–H and O–H groups in total. The number of nitrogens with zero attached hydrogens (tertiary/aromatic N) is 2. The van der Waals surface area contributed by atoms with Gasteiger partial charge in [0.25, 0.3) is 11.6 Å². The molecule has 2 heterocycles. The average molecular weight is 460 g/mol. The second-order valence-corrected chi connectivity index (χ2v) is 7.52. The molecule has 0 aliphatic carbocycles. The number of nitro benzene ring substituents is 1. The first-order valence-electron chi connectivity index (χ1n) is 9.78. The molecular weight excluding hydrogens is 446 g/mol. The van der Waals surface area contributed by atoms with Crippen LogP contribution >= 0.6 is 11.6 Å². The monoisotopic (exact) mass is 459 g/mol. The van der Waals surface area contributed by atoms with Crippen molar-refractivity contribution >= 4 is 40.8 Å². The zero-order valence-electron chi connectivity index (χ0n) is 16.8. The zero-order chi connectivity index (χ0) is 22.9. The quantitative estimate of drug-likeness (QED) is 0.210. The number of ether oxygens (including phenoxy) is 1. The average Bonchev–Trinajstić information content (AvgIpc) is 3.23. The Morgan fingerprint density at radius 3 is 2.70 bits per heavy atom. The first-order valence-corrected chi connectivity index (χ1v) is 10.2. The van der Waals surface area contributed by atoms with Crippen LogP contribution in [0, 0.1) is 10.1 Å². The van der Waals surface area contributed by atoms with Crippen molar-refractivity contribution in [3.8, 4) is 22.8 Å². The number of carbonyl (C=O) groups excluding carboxylic acids is 1. The number of aliphatic imine (C=N–C) groups is 1. The van der Waals surface area contributed by atoms with Gasteiger partial charge < -0.3 is 14.5 Å². The van der Waals surface area contributed by atoms with Gasteiger partial charge in [-0.25, -0.2) is 0 Å². The molecule has 0 atom stereocenters. The third kappa shape index (κ3) is 4.07. The van der Waals surface area contributed by atoms with Gasteiger partial charge in [0.05, 0.1) is 28.1 Å². The van der Waals surface area contributed by atoms with Crippen molar-refractivity contribution in [3.63, 3.8) is 0 Å². The molecule has 4 aromatic rings. The Kier molecular flexibility index (Phi) is 5.12. The first kappa shape index (κ1) is 20.5. The smallest absolute Gasteiger partial charge is 0.288 e. The van der Waals surface area contributed by atoms with Crippen molar-refractivity contribution < 1.29 is 18.9 Å². The molecule has 0 spiro atoms. The predicted octanol–water partition coefficient (Wildman–Crippen LogP) is 6.62. The second kappa shape index (κ2) is 8.25. The van der Waals surface area contributed by atoms with Crippen LogP contribution in [-0.4, -0.2) is 17.0 Å². The molecule has 8 nitrogen and oxygen atoms in total. The molecule has 0 radical (unpaired) electrons. The summed E-state index contributed by atoms with van der Waals surface area (Å²) in [6.45, 7) is 0. The highest BCUT2D eigenvalue weighted by Crippen LogP contribution is 2.37. The minimum atomic E-state index is -0.548. The van der Waals surface area contributed by atoms with E-state index in [1.807, 2.05) is 12.1 Å². The lowest BCUT2D eigenvalue weighted by Crippen LogP contribution is -2.10. The lowest BCUT2D eigenvalue weighted by atomic mass is 10.1. The lowest BCUT2D eigenvalue weighted by molar-refractivity contribution is -0.384. The van der Waals surface area contributed by atoms with Crippen molar-refractivity contribution in [1.29, 1.82) is 0 Å². The number of furan rings is 1. The van der Waals surface area contributed by atoms with Crippen LogP contribution in [0.4, 0.5) is 17.1 Å². The Morgan fingerprint density at radius 1 is 1.00 bits per heavy atom. The maximum Gasteiger partial charge on any atom is 0.288 e. The number of halogens is 1. The molecule has 162 valence electrons.